The van der Waals surface area contributed by atoms with E-state index in [4.69, 9.17) is 14.3 Å². The molecule has 0 aromatic carbocycles. The van der Waals surface area contributed by atoms with E-state index in [9.17, 15) is 9.59 Å². The van der Waals surface area contributed by atoms with Crippen LogP contribution in [0, 0.1) is 0 Å². The van der Waals surface area contributed by atoms with Gasteiger partial charge in [0.15, 0.2) is 19.5 Å². The van der Waals surface area contributed by atoms with Crippen molar-refractivity contribution in [2.75, 3.05) is 0 Å². The third kappa shape index (κ3) is 1.81. The monoisotopic (exact) mass is 192 g/mol. The third-order valence-electron chi connectivity index (χ3n) is 1.40. The lowest BCUT2D eigenvalue weighted by Gasteiger charge is -2.00. The predicted octanol–water partition coefficient (Wildman–Crippen LogP) is -4.04. The number of hydrogen-bond donors (Lipinski definition) is 2. The standard InChI is InChI=1S/C4H8O5Si2/c5-1-2(6)4(8)11-9-10-3(1)7/h3-4,7-8H,10-11H2. The van der Waals surface area contributed by atoms with Crippen molar-refractivity contribution in [2.45, 2.75) is 11.5 Å². The molecule has 11 heavy (non-hydrogen) atoms. The Balaban J connectivity index is 2.74. The minimum absolute atomic E-state index is 0.880. The molecular formula is C4H8O5Si2. The van der Waals surface area contributed by atoms with Gasteiger partial charge >= 0.3 is 0 Å². The Hall–Kier alpha value is -0.346. The van der Waals surface area contributed by atoms with Crippen molar-refractivity contribution in [3.8, 4) is 0 Å². The molecule has 0 aromatic heterocycles. The maximum atomic E-state index is 10.8. The molecule has 1 aliphatic heterocycles. The van der Waals surface area contributed by atoms with Gasteiger partial charge in [-0.15, -0.1) is 0 Å². The summed E-state index contributed by atoms with van der Waals surface area (Å²) in [6.07, 6.45) is 0. The van der Waals surface area contributed by atoms with Gasteiger partial charge in [-0.2, -0.15) is 0 Å². The van der Waals surface area contributed by atoms with Crippen LogP contribution in [0.15, 0.2) is 0 Å². The van der Waals surface area contributed by atoms with Gasteiger partial charge in [0.25, 0.3) is 0 Å². The van der Waals surface area contributed by atoms with Crippen LogP contribution in [0.1, 0.15) is 0 Å². The second-order valence-corrected chi connectivity index (χ2v) is 6.14. The molecule has 1 heterocycles. The van der Waals surface area contributed by atoms with Crippen molar-refractivity contribution in [3.63, 3.8) is 0 Å². The molecule has 0 aliphatic carbocycles. The highest BCUT2D eigenvalue weighted by molar-refractivity contribution is 6.64. The first-order chi connectivity index (χ1) is 5.13. The normalized spacial score (nSPS) is 38.0. The highest BCUT2D eigenvalue weighted by Gasteiger charge is 2.32. The summed E-state index contributed by atoms with van der Waals surface area (Å²) < 4.78 is 4.90. The number of Topliss-reactive ketones (excluding diaryl/α,β-unsaturated/α-hetero) is 2. The summed E-state index contributed by atoms with van der Waals surface area (Å²) in [5.74, 6) is -1.76. The first kappa shape index (κ1) is 8.75. The number of aliphatic hydroxyl groups excluding tert-OH is 2. The molecule has 0 spiro atoms. The summed E-state index contributed by atoms with van der Waals surface area (Å²) in [6, 6.07) is 0. The van der Waals surface area contributed by atoms with Crippen molar-refractivity contribution < 1.29 is 23.9 Å². The van der Waals surface area contributed by atoms with Crippen LogP contribution in [-0.4, -0.2) is 52.8 Å². The van der Waals surface area contributed by atoms with Gasteiger partial charge in [0.1, 0.15) is 11.5 Å². The van der Waals surface area contributed by atoms with Gasteiger partial charge in [0.05, 0.1) is 0 Å². The Morgan fingerprint density at radius 1 is 1.09 bits per heavy atom. The minimum atomic E-state index is -1.33. The fourth-order valence-electron chi connectivity index (χ4n) is 0.771. The van der Waals surface area contributed by atoms with E-state index in [2.05, 4.69) is 0 Å². The third-order valence-corrected chi connectivity index (χ3v) is 4.66. The van der Waals surface area contributed by atoms with Gasteiger partial charge in [-0.1, -0.05) is 0 Å². The molecule has 0 saturated carbocycles. The van der Waals surface area contributed by atoms with E-state index >= 15 is 0 Å². The van der Waals surface area contributed by atoms with Crippen LogP contribution in [0.4, 0.5) is 0 Å². The molecule has 2 unspecified atom stereocenters. The first-order valence-corrected chi connectivity index (χ1v) is 5.93. The average molecular weight is 192 g/mol. The number of carbonyl (C=O) groups is 2. The maximum Gasteiger partial charge on any atom is 0.228 e. The van der Waals surface area contributed by atoms with Crippen LogP contribution in [0.2, 0.25) is 0 Å². The van der Waals surface area contributed by atoms with E-state index < -0.39 is 42.5 Å². The molecule has 62 valence electrons. The second-order valence-electron chi connectivity index (χ2n) is 2.30. The zero-order chi connectivity index (χ0) is 8.43. The molecule has 1 saturated heterocycles. The summed E-state index contributed by atoms with van der Waals surface area (Å²) in [6.45, 7) is 0. The average Bonchev–Trinajstić information content (AvgIpc) is 2.07. The van der Waals surface area contributed by atoms with Gasteiger partial charge in [-0.3, -0.25) is 9.59 Å². The topological polar surface area (TPSA) is 83.8 Å². The molecule has 0 amide bonds. The van der Waals surface area contributed by atoms with E-state index in [1.54, 1.807) is 0 Å². The van der Waals surface area contributed by atoms with E-state index in [1.165, 1.54) is 0 Å². The van der Waals surface area contributed by atoms with Crippen LogP contribution in [0.5, 0.6) is 0 Å². The SMILES string of the molecule is O=C1C(=O)C(O)[SiH2]O[SiH2]C1O. The van der Waals surface area contributed by atoms with E-state index in [1.807, 2.05) is 0 Å². The van der Waals surface area contributed by atoms with Gasteiger partial charge in [-0.05, 0) is 0 Å². The Kier molecular flexibility index (Phi) is 2.68. The number of ketones is 2. The molecular weight excluding hydrogens is 184 g/mol. The summed E-state index contributed by atoms with van der Waals surface area (Å²) in [4.78, 5) is 21.5. The summed E-state index contributed by atoms with van der Waals surface area (Å²) >= 11 is 0. The Bertz CT molecular complexity index is 173. The molecule has 0 radical (unpaired) electrons. The number of carbonyl (C=O) groups excluding carboxylic acids is 2. The number of rotatable bonds is 0. The van der Waals surface area contributed by atoms with Gasteiger partial charge in [-0.25, -0.2) is 0 Å². The molecule has 2 N–H and O–H groups in total. The Morgan fingerprint density at radius 3 is 1.82 bits per heavy atom. The second kappa shape index (κ2) is 3.37. The summed E-state index contributed by atoms with van der Waals surface area (Å²) in [5.41, 5.74) is -2.49. The molecule has 5 nitrogen and oxygen atoms in total. The van der Waals surface area contributed by atoms with Crippen LogP contribution in [0.3, 0.4) is 0 Å². The van der Waals surface area contributed by atoms with Crippen LogP contribution < -0.4 is 0 Å². The summed E-state index contributed by atoms with van der Waals surface area (Å²) in [5, 5.41) is 17.8. The molecule has 1 rings (SSSR count). The lowest BCUT2D eigenvalue weighted by Crippen LogP contribution is -2.36. The van der Waals surface area contributed by atoms with Crippen molar-refractivity contribution in [1.29, 1.82) is 0 Å². The largest absolute Gasteiger partial charge is 0.460 e. The van der Waals surface area contributed by atoms with Crippen molar-refractivity contribution >= 4 is 31.1 Å². The zero-order valence-electron chi connectivity index (χ0n) is 5.69. The van der Waals surface area contributed by atoms with Crippen LogP contribution >= 0.6 is 0 Å². The lowest BCUT2D eigenvalue weighted by atomic mass is 10.3. The zero-order valence-corrected chi connectivity index (χ0v) is 8.52. The fraction of sp³-hybridized carbons (Fsp3) is 0.500. The summed E-state index contributed by atoms with van der Waals surface area (Å²) in [7, 11) is -2.65. The number of aliphatic hydroxyl groups is 2. The number of hydrogen-bond acceptors (Lipinski definition) is 5. The van der Waals surface area contributed by atoms with Gasteiger partial charge in [0, 0.05) is 0 Å². The molecule has 0 aromatic rings. The Labute approximate surface area is 67.2 Å². The van der Waals surface area contributed by atoms with E-state index in [0.29, 0.717) is 0 Å². The fourth-order valence-corrected chi connectivity index (χ4v) is 3.81. The van der Waals surface area contributed by atoms with E-state index in [-0.39, 0.29) is 0 Å². The van der Waals surface area contributed by atoms with Crippen molar-refractivity contribution in [1.82, 2.24) is 0 Å². The smallest absolute Gasteiger partial charge is 0.228 e. The highest BCUT2D eigenvalue weighted by atomic mass is 28.3. The first-order valence-electron chi connectivity index (χ1n) is 3.15. The highest BCUT2D eigenvalue weighted by Crippen LogP contribution is 1.97. The van der Waals surface area contributed by atoms with Gasteiger partial charge < -0.3 is 14.3 Å². The van der Waals surface area contributed by atoms with Crippen LogP contribution in [-0.2, 0) is 13.7 Å². The van der Waals surface area contributed by atoms with Crippen LogP contribution in [0.25, 0.3) is 0 Å². The minimum Gasteiger partial charge on any atom is -0.460 e. The molecule has 1 aliphatic rings. The maximum absolute atomic E-state index is 10.8. The van der Waals surface area contributed by atoms with Crippen molar-refractivity contribution in [2.24, 2.45) is 0 Å². The lowest BCUT2D eigenvalue weighted by molar-refractivity contribution is -0.141. The quantitative estimate of drug-likeness (QED) is 0.301. The predicted molar refractivity (Wildman–Crippen MR) is 40.2 cm³/mol. The molecule has 1 fully saturated rings. The molecule has 7 heteroatoms. The molecule has 2 atom stereocenters. The van der Waals surface area contributed by atoms with Gasteiger partial charge in [0.2, 0.25) is 11.6 Å². The van der Waals surface area contributed by atoms with Crippen molar-refractivity contribution in [3.05, 3.63) is 0 Å². The van der Waals surface area contributed by atoms with E-state index in [0.717, 1.165) is 0 Å². The molecule has 0 bridgehead atoms. The Morgan fingerprint density at radius 2 is 1.45 bits per heavy atom.